The van der Waals surface area contributed by atoms with E-state index in [2.05, 4.69) is 56.3 Å². The average Bonchev–Trinajstić information content (AvgIpc) is 2.47. The molecule has 2 aromatic rings. The maximum Gasteiger partial charge on any atom is 0 e. The summed E-state index contributed by atoms with van der Waals surface area (Å²) in [7, 11) is 0. The molecular formula is C13H13Cl2Hf-3. The molecule has 0 aliphatic heterocycles. The molecule has 0 bridgehead atoms. The third-order valence-corrected chi connectivity index (χ3v) is 2.33. The van der Waals surface area contributed by atoms with Crippen molar-refractivity contribution in [1.82, 2.24) is 0 Å². The first kappa shape index (κ1) is 18.4. The molecule has 0 nitrogen and oxygen atoms in total. The van der Waals surface area contributed by atoms with Gasteiger partial charge in [0.05, 0.1) is 0 Å². The van der Waals surface area contributed by atoms with Crippen LogP contribution >= 0.6 is 0 Å². The summed E-state index contributed by atoms with van der Waals surface area (Å²) >= 11 is 0. The van der Waals surface area contributed by atoms with Crippen molar-refractivity contribution in [1.29, 1.82) is 0 Å². The van der Waals surface area contributed by atoms with Gasteiger partial charge in [-0.2, -0.15) is 22.8 Å². The Morgan fingerprint density at radius 1 is 0.938 bits per heavy atom. The standard InChI is InChI=1S/C13H13.2ClH.Hf/c1-10-8-11(2)13(9-10)12-6-4-3-5-7-12;;;/h3-9H,1-2H3;2*1H;/q-1;;;/p-2. The Morgan fingerprint density at radius 2 is 1.50 bits per heavy atom. The zero-order valence-electron chi connectivity index (χ0n) is 9.30. The molecule has 2 aromatic carbocycles. The van der Waals surface area contributed by atoms with Crippen LogP contribution in [0.1, 0.15) is 11.1 Å². The molecule has 16 heavy (non-hydrogen) atoms. The van der Waals surface area contributed by atoms with E-state index in [4.69, 9.17) is 0 Å². The zero-order chi connectivity index (χ0) is 9.26. The molecule has 86 valence electrons. The SMILES string of the molecule is Cc1cc(-c2ccccc2)c(C)[cH-]1.[Cl-].[Cl-].[Hf]. The Balaban J connectivity index is 0. The van der Waals surface area contributed by atoms with Crippen LogP contribution in [-0.4, -0.2) is 0 Å². The van der Waals surface area contributed by atoms with E-state index < -0.39 is 0 Å². The summed E-state index contributed by atoms with van der Waals surface area (Å²) < 4.78 is 0. The first-order valence-corrected chi connectivity index (χ1v) is 4.57. The monoisotopic (exact) mass is 419 g/mol. The molecule has 0 saturated carbocycles. The molecule has 0 aliphatic rings. The third kappa shape index (κ3) is 4.12. The van der Waals surface area contributed by atoms with Gasteiger partial charge in [0, 0.05) is 25.8 Å². The summed E-state index contributed by atoms with van der Waals surface area (Å²) in [6.07, 6.45) is 0. The van der Waals surface area contributed by atoms with Crippen LogP contribution in [0.15, 0.2) is 42.5 Å². The first-order valence-electron chi connectivity index (χ1n) is 4.57. The molecular weight excluding hydrogens is 406 g/mol. The van der Waals surface area contributed by atoms with E-state index in [1.807, 2.05) is 0 Å². The molecule has 0 fully saturated rings. The maximum absolute atomic E-state index is 2.24. The van der Waals surface area contributed by atoms with E-state index >= 15 is 0 Å². The van der Waals surface area contributed by atoms with Crippen molar-refractivity contribution in [3.05, 3.63) is 53.6 Å². The van der Waals surface area contributed by atoms with E-state index in [0.717, 1.165) is 0 Å². The van der Waals surface area contributed by atoms with E-state index in [1.165, 1.54) is 22.3 Å². The molecule has 0 N–H and O–H groups in total. The van der Waals surface area contributed by atoms with Crippen LogP contribution in [0.3, 0.4) is 0 Å². The van der Waals surface area contributed by atoms with Gasteiger partial charge in [0.25, 0.3) is 0 Å². The van der Waals surface area contributed by atoms with Crippen molar-refractivity contribution in [2.75, 3.05) is 0 Å². The van der Waals surface area contributed by atoms with Crippen molar-refractivity contribution >= 4 is 0 Å². The largest absolute Gasteiger partial charge is 1.00 e. The predicted octanol–water partition coefficient (Wildman–Crippen LogP) is -2.31. The Morgan fingerprint density at radius 3 is 1.94 bits per heavy atom. The fraction of sp³-hybridized carbons (Fsp3) is 0.154. The van der Waals surface area contributed by atoms with Crippen molar-refractivity contribution in [3.63, 3.8) is 0 Å². The molecule has 0 atom stereocenters. The Kier molecular flexibility index (Phi) is 9.38. The van der Waals surface area contributed by atoms with Crippen LogP contribution in [0.4, 0.5) is 0 Å². The minimum absolute atomic E-state index is 0. The topological polar surface area (TPSA) is 0 Å². The number of hydrogen-bond donors (Lipinski definition) is 0. The van der Waals surface area contributed by atoms with E-state index in [0.29, 0.717) is 0 Å². The van der Waals surface area contributed by atoms with Gasteiger partial charge in [-0.05, 0) is 0 Å². The van der Waals surface area contributed by atoms with Crippen LogP contribution in [-0.2, 0) is 25.8 Å². The number of halogens is 2. The van der Waals surface area contributed by atoms with Gasteiger partial charge in [0.2, 0.25) is 0 Å². The van der Waals surface area contributed by atoms with Crippen molar-refractivity contribution in [3.8, 4) is 11.1 Å². The van der Waals surface area contributed by atoms with Crippen molar-refractivity contribution in [2.24, 2.45) is 0 Å². The molecule has 3 heteroatoms. The number of rotatable bonds is 1. The average molecular weight is 419 g/mol. The summed E-state index contributed by atoms with van der Waals surface area (Å²) in [5, 5.41) is 0. The molecule has 0 amide bonds. The molecule has 0 heterocycles. The van der Waals surface area contributed by atoms with Crippen LogP contribution in [0.25, 0.3) is 11.1 Å². The first-order chi connectivity index (χ1) is 6.27. The summed E-state index contributed by atoms with van der Waals surface area (Å²) in [4.78, 5) is 0. The van der Waals surface area contributed by atoms with E-state index in [9.17, 15) is 0 Å². The van der Waals surface area contributed by atoms with Crippen LogP contribution in [0.2, 0.25) is 0 Å². The van der Waals surface area contributed by atoms with Gasteiger partial charge in [-0.15, -0.1) is 0 Å². The number of hydrogen-bond acceptors (Lipinski definition) is 0. The second-order valence-electron chi connectivity index (χ2n) is 3.50. The Labute approximate surface area is 128 Å². The second kappa shape index (κ2) is 8.16. The van der Waals surface area contributed by atoms with Crippen molar-refractivity contribution < 1.29 is 50.7 Å². The van der Waals surface area contributed by atoms with Gasteiger partial charge >= 0.3 is 0 Å². The molecule has 0 unspecified atom stereocenters. The fourth-order valence-electron chi connectivity index (χ4n) is 1.73. The second-order valence-corrected chi connectivity index (χ2v) is 3.50. The van der Waals surface area contributed by atoms with Crippen molar-refractivity contribution in [2.45, 2.75) is 13.8 Å². The normalized spacial score (nSPS) is 8.38. The van der Waals surface area contributed by atoms with E-state index in [-0.39, 0.29) is 50.7 Å². The fourth-order valence-corrected chi connectivity index (χ4v) is 1.73. The predicted molar refractivity (Wildman–Crippen MR) is 56.9 cm³/mol. The third-order valence-electron chi connectivity index (χ3n) is 2.33. The summed E-state index contributed by atoms with van der Waals surface area (Å²) in [5.41, 5.74) is 5.38. The summed E-state index contributed by atoms with van der Waals surface area (Å²) in [6, 6.07) is 15.0. The molecule has 0 aliphatic carbocycles. The van der Waals surface area contributed by atoms with Crippen LogP contribution in [0, 0.1) is 13.8 Å². The van der Waals surface area contributed by atoms with Gasteiger partial charge in [0.15, 0.2) is 0 Å². The molecule has 0 aromatic heterocycles. The Hall–Kier alpha value is 0.0201. The number of aryl methyl sites for hydroxylation is 2. The quantitative estimate of drug-likeness (QED) is 0.361. The minimum atomic E-state index is 0. The molecule has 0 radical (unpaired) electrons. The summed E-state index contributed by atoms with van der Waals surface area (Å²) in [5.74, 6) is 0. The molecule has 0 saturated heterocycles. The zero-order valence-corrected chi connectivity index (χ0v) is 14.4. The van der Waals surface area contributed by atoms with Gasteiger partial charge in [-0.3, -0.25) is 0 Å². The minimum Gasteiger partial charge on any atom is -1.00 e. The van der Waals surface area contributed by atoms with E-state index in [1.54, 1.807) is 0 Å². The molecule has 2 rings (SSSR count). The van der Waals surface area contributed by atoms with Crippen LogP contribution in [0.5, 0.6) is 0 Å². The van der Waals surface area contributed by atoms with Crippen LogP contribution < -0.4 is 24.8 Å². The smallest absolute Gasteiger partial charge is 0 e. The summed E-state index contributed by atoms with van der Waals surface area (Å²) in [6.45, 7) is 4.30. The van der Waals surface area contributed by atoms with Gasteiger partial charge in [0.1, 0.15) is 0 Å². The maximum atomic E-state index is 2.24. The van der Waals surface area contributed by atoms with Gasteiger partial charge in [-0.25, -0.2) is 6.07 Å². The van der Waals surface area contributed by atoms with Gasteiger partial charge < -0.3 is 24.8 Å². The Bertz CT molecular complexity index is 407. The molecule has 0 spiro atoms. The number of benzene rings is 1. The van der Waals surface area contributed by atoms with Gasteiger partial charge in [-0.1, -0.05) is 49.7 Å².